The molecule has 0 aliphatic carbocycles. The molecule has 2 aromatic heterocycles. The molecular weight excluding hydrogens is 164 g/mol. The summed E-state index contributed by atoms with van der Waals surface area (Å²) < 4.78 is 7.19. The lowest BCUT2D eigenvalue weighted by molar-refractivity contribution is 0.179. The lowest BCUT2D eigenvalue weighted by Gasteiger charge is -2.01. The highest BCUT2D eigenvalue weighted by Crippen LogP contribution is 2.16. The maximum Gasteiger partial charge on any atom is 0.0884 e. The molecule has 0 amide bonds. The second-order valence-corrected chi connectivity index (χ2v) is 3.04. The molecule has 0 N–H and O–H groups in total. The number of methoxy groups -OCH3 is 1. The normalized spacial score (nSPS) is 10.9. The Labute approximate surface area is 77.0 Å². The average Bonchev–Trinajstić information content (AvgIpc) is 2.46. The molecule has 2 heterocycles. The van der Waals surface area contributed by atoms with Gasteiger partial charge in [0.15, 0.2) is 0 Å². The highest BCUT2D eigenvalue weighted by molar-refractivity contribution is 5.76. The number of fused-ring (bicyclic) bond motifs is 1. The summed E-state index contributed by atoms with van der Waals surface area (Å²) in [4.78, 5) is 4.27. The first-order valence-electron chi connectivity index (χ1n) is 4.21. The van der Waals surface area contributed by atoms with Crippen LogP contribution >= 0.6 is 0 Å². The topological polar surface area (TPSA) is 27.1 Å². The van der Waals surface area contributed by atoms with Gasteiger partial charge < -0.3 is 9.30 Å². The quantitative estimate of drug-likeness (QED) is 0.696. The van der Waals surface area contributed by atoms with E-state index in [-0.39, 0.29) is 0 Å². The van der Waals surface area contributed by atoms with Crippen LogP contribution in [0, 0.1) is 0 Å². The maximum atomic E-state index is 5.09. The molecule has 3 nitrogen and oxygen atoms in total. The molecule has 2 aromatic rings. The number of nitrogens with zero attached hydrogens (tertiary/aromatic N) is 2. The first-order valence-corrected chi connectivity index (χ1v) is 4.21. The van der Waals surface area contributed by atoms with Crippen LogP contribution < -0.4 is 0 Å². The zero-order valence-corrected chi connectivity index (χ0v) is 7.82. The Kier molecular flexibility index (Phi) is 2.02. The molecule has 0 aliphatic rings. The molecule has 3 heteroatoms. The summed E-state index contributed by atoms with van der Waals surface area (Å²) in [5.74, 6) is 0. The Bertz CT molecular complexity index is 420. The van der Waals surface area contributed by atoms with Crippen molar-refractivity contribution in [1.82, 2.24) is 9.55 Å². The van der Waals surface area contributed by atoms with Crippen LogP contribution in [0.15, 0.2) is 24.4 Å². The van der Waals surface area contributed by atoms with Crippen molar-refractivity contribution in [2.45, 2.75) is 6.61 Å². The van der Waals surface area contributed by atoms with Crippen molar-refractivity contribution < 1.29 is 4.74 Å². The van der Waals surface area contributed by atoms with Gasteiger partial charge in [0.05, 0.1) is 17.6 Å². The smallest absolute Gasteiger partial charge is 0.0884 e. The van der Waals surface area contributed by atoms with Gasteiger partial charge in [-0.25, -0.2) is 0 Å². The Hall–Kier alpha value is -1.35. The molecule has 0 bridgehead atoms. The molecule has 68 valence electrons. The maximum absolute atomic E-state index is 5.09. The van der Waals surface area contributed by atoms with Gasteiger partial charge in [-0.2, -0.15) is 0 Å². The van der Waals surface area contributed by atoms with E-state index in [0.29, 0.717) is 6.61 Å². The van der Waals surface area contributed by atoms with Gasteiger partial charge in [-0.15, -0.1) is 0 Å². The van der Waals surface area contributed by atoms with E-state index in [1.807, 2.05) is 13.1 Å². The van der Waals surface area contributed by atoms with Crippen LogP contribution in [0.25, 0.3) is 11.0 Å². The number of hydrogen-bond acceptors (Lipinski definition) is 2. The number of hydrogen-bond donors (Lipinski definition) is 0. The van der Waals surface area contributed by atoms with Gasteiger partial charge >= 0.3 is 0 Å². The molecule has 0 radical (unpaired) electrons. The molecule has 0 fully saturated rings. The van der Waals surface area contributed by atoms with Gasteiger partial charge in [-0.1, -0.05) is 0 Å². The van der Waals surface area contributed by atoms with E-state index in [1.165, 1.54) is 0 Å². The van der Waals surface area contributed by atoms with Gasteiger partial charge in [0.2, 0.25) is 0 Å². The fraction of sp³-hybridized carbons (Fsp3) is 0.300. The van der Waals surface area contributed by atoms with Crippen LogP contribution in [0.3, 0.4) is 0 Å². The van der Waals surface area contributed by atoms with Gasteiger partial charge in [0.1, 0.15) is 0 Å². The average molecular weight is 176 g/mol. The SMILES string of the molecule is COCc1cc2ncccc2n1C. The zero-order chi connectivity index (χ0) is 9.26. The molecule has 0 saturated heterocycles. The number of ether oxygens (including phenoxy) is 1. The number of aromatic nitrogens is 2. The molecule has 13 heavy (non-hydrogen) atoms. The summed E-state index contributed by atoms with van der Waals surface area (Å²) in [6.07, 6.45) is 1.80. The minimum Gasteiger partial charge on any atom is -0.378 e. The van der Waals surface area contributed by atoms with Crippen LogP contribution in [0.5, 0.6) is 0 Å². The van der Waals surface area contributed by atoms with E-state index in [4.69, 9.17) is 4.74 Å². The molecule has 0 saturated carbocycles. The van der Waals surface area contributed by atoms with Gasteiger partial charge in [-0.05, 0) is 18.2 Å². The molecular formula is C10H12N2O. The predicted octanol–water partition coefficient (Wildman–Crippen LogP) is 1.72. The number of pyridine rings is 1. The highest BCUT2D eigenvalue weighted by Gasteiger charge is 2.04. The van der Waals surface area contributed by atoms with Crippen molar-refractivity contribution >= 4 is 11.0 Å². The minimum absolute atomic E-state index is 0.632. The monoisotopic (exact) mass is 176 g/mol. The third-order valence-electron chi connectivity index (χ3n) is 2.20. The molecule has 0 unspecified atom stereocenters. The van der Waals surface area contributed by atoms with Crippen LogP contribution in [0.2, 0.25) is 0 Å². The second kappa shape index (κ2) is 3.18. The summed E-state index contributed by atoms with van der Waals surface area (Å²) in [7, 11) is 3.73. The summed E-state index contributed by atoms with van der Waals surface area (Å²) in [5.41, 5.74) is 3.32. The van der Waals surface area contributed by atoms with Gasteiger partial charge in [0.25, 0.3) is 0 Å². The van der Waals surface area contributed by atoms with E-state index in [2.05, 4.69) is 21.7 Å². The minimum atomic E-state index is 0.632. The van der Waals surface area contributed by atoms with Crippen LogP contribution in [0.4, 0.5) is 0 Å². The van der Waals surface area contributed by atoms with E-state index in [1.54, 1.807) is 13.3 Å². The Morgan fingerprint density at radius 2 is 2.38 bits per heavy atom. The summed E-state index contributed by atoms with van der Waals surface area (Å²) in [5, 5.41) is 0. The second-order valence-electron chi connectivity index (χ2n) is 3.04. The number of rotatable bonds is 2. The molecule has 0 spiro atoms. The van der Waals surface area contributed by atoms with E-state index in [9.17, 15) is 0 Å². The summed E-state index contributed by atoms with van der Waals surface area (Å²) in [6.45, 7) is 0.632. The summed E-state index contributed by atoms with van der Waals surface area (Å²) >= 11 is 0. The van der Waals surface area contributed by atoms with Crippen molar-refractivity contribution in [3.05, 3.63) is 30.1 Å². The van der Waals surface area contributed by atoms with E-state index in [0.717, 1.165) is 16.7 Å². The molecule has 0 aliphatic heterocycles. The van der Waals surface area contributed by atoms with Crippen molar-refractivity contribution in [2.75, 3.05) is 7.11 Å². The molecule has 0 aromatic carbocycles. The van der Waals surface area contributed by atoms with Crippen molar-refractivity contribution in [3.8, 4) is 0 Å². The van der Waals surface area contributed by atoms with E-state index < -0.39 is 0 Å². The standard InChI is InChI=1S/C10H12N2O/c1-12-8(7-13-2)6-9-10(12)4-3-5-11-9/h3-6H,7H2,1-2H3. The Morgan fingerprint density at radius 3 is 3.08 bits per heavy atom. The van der Waals surface area contributed by atoms with Crippen molar-refractivity contribution in [2.24, 2.45) is 7.05 Å². The third-order valence-corrected chi connectivity index (χ3v) is 2.20. The van der Waals surface area contributed by atoms with Crippen LogP contribution in [-0.4, -0.2) is 16.7 Å². The van der Waals surface area contributed by atoms with Crippen molar-refractivity contribution in [1.29, 1.82) is 0 Å². The zero-order valence-electron chi connectivity index (χ0n) is 7.82. The highest BCUT2D eigenvalue weighted by atomic mass is 16.5. The molecule has 0 atom stereocenters. The van der Waals surface area contributed by atoms with Crippen LogP contribution in [0.1, 0.15) is 5.69 Å². The Balaban J connectivity index is 2.60. The largest absolute Gasteiger partial charge is 0.378 e. The fourth-order valence-corrected chi connectivity index (χ4v) is 1.50. The lowest BCUT2D eigenvalue weighted by Crippen LogP contribution is -1.96. The number of aryl methyl sites for hydroxylation is 1. The fourth-order valence-electron chi connectivity index (χ4n) is 1.50. The van der Waals surface area contributed by atoms with E-state index >= 15 is 0 Å². The lowest BCUT2D eigenvalue weighted by atomic mass is 10.4. The first-order chi connectivity index (χ1) is 6.33. The molecule has 2 rings (SSSR count). The Morgan fingerprint density at radius 1 is 1.54 bits per heavy atom. The summed E-state index contributed by atoms with van der Waals surface area (Å²) in [6, 6.07) is 6.05. The third kappa shape index (κ3) is 1.31. The van der Waals surface area contributed by atoms with Crippen LogP contribution in [-0.2, 0) is 18.4 Å². The predicted molar refractivity (Wildman–Crippen MR) is 51.4 cm³/mol. The van der Waals surface area contributed by atoms with Gasteiger partial charge in [0, 0.05) is 26.0 Å². The van der Waals surface area contributed by atoms with Gasteiger partial charge in [-0.3, -0.25) is 4.98 Å². The van der Waals surface area contributed by atoms with Crippen molar-refractivity contribution in [3.63, 3.8) is 0 Å². The first kappa shape index (κ1) is 8.26.